The van der Waals surface area contributed by atoms with Crippen LogP contribution in [-0.4, -0.2) is 36.1 Å². The fourth-order valence-electron chi connectivity index (χ4n) is 5.77. The number of benzene rings is 5. The molecule has 6 rings (SSSR count). The van der Waals surface area contributed by atoms with E-state index in [1.54, 1.807) is 24.3 Å². The van der Waals surface area contributed by atoms with Crippen molar-refractivity contribution in [2.45, 2.75) is 56.6 Å². The highest BCUT2D eigenvalue weighted by Crippen LogP contribution is 2.42. The van der Waals surface area contributed by atoms with Crippen molar-refractivity contribution in [1.29, 1.82) is 0 Å². The second kappa shape index (κ2) is 16.3. The van der Waals surface area contributed by atoms with Gasteiger partial charge in [0.25, 0.3) is 0 Å². The smallest absolute Gasteiger partial charge is 0.222 e. The normalized spacial score (nSPS) is 22.6. The number of aliphatic hydroxyl groups is 1. The Balaban J connectivity index is 1.37. The van der Waals surface area contributed by atoms with E-state index in [9.17, 15) is 5.11 Å². The number of halogens is 1. The summed E-state index contributed by atoms with van der Waals surface area (Å²) >= 11 is 6.28. The van der Waals surface area contributed by atoms with Gasteiger partial charge in [-0.1, -0.05) is 145 Å². The van der Waals surface area contributed by atoms with Crippen LogP contribution in [0, 0.1) is 0 Å². The fraction of sp³-hybridized carbons (Fsp3) is 0.250. The van der Waals surface area contributed by atoms with Crippen molar-refractivity contribution in [3.8, 4) is 0 Å². The predicted octanol–water partition coefficient (Wildman–Crippen LogP) is 7.86. The van der Waals surface area contributed by atoms with Crippen molar-refractivity contribution in [2.24, 2.45) is 0 Å². The minimum atomic E-state index is -1.92. The number of hydrogen-bond acceptors (Lipinski definition) is 6. The van der Waals surface area contributed by atoms with Crippen LogP contribution >= 0.6 is 11.6 Å². The summed E-state index contributed by atoms with van der Waals surface area (Å²) in [7, 11) is 0. The summed E-state index contributed by atoms with van der Waals surface area (Å²) in [6.45, 7) is 1.31. The maximum atomic E-state index is 12.6. The lowest BCUT2D eigenvalue weighted by molar-refractivity contribution is -0.378. The maximum Gasteiger partial charge on any atom is 0.222 e. The monoisotopic (exact) mass is 650 g/mol. The highest BCUT2D eigenvalue weighted by molar-refractivity contribution is 6.30. The van der Waals surface area contributed by atoms with E-state index in [1.807, 2.05) is 121 Å². The molecule has 1 aliphatic rings. The second-order valence-electron chi connectivity index (χ2n) is 11.6. The maximum absolute atomic E-state index is 12.6. The van der Waals surface area contributed by atoms with Gasteiger partial charge in [0.1, 0.15) is 24.4 Å². The van der Waals surface area contributed by atoms with Gasteiger partial charge in [-0.25, -0.2) is 0 Å². The summed E-state index contributed by atoms with van der Waals surface area (Å²) < 4.78 is 32.9. The van der Waals surface area contributed by atoms with E-state index in [0.717, 1.165) is 22.3 Å². The average Bonchev–Trinajstić information content (AvgIpc) is 3.12. The molecule has 1 heterocycles. The van der Waals surface area contributed by atoms with Gasteiger partial charge in [0, 0.05) is 10.6 Å². The molecule has 1 N–H and O–H groups in total. The molecular weight excluding hydrogens is 612 g/mol. The molecule has 1 aliphatic heterocycles. The van der Waals surface area contributed by atoms with E-state index in [-0.39, 0.29) is 19.8 Å². The summed E-state index contributed by atoms with van der Waals surface area (Å²) in [5, 5.41) is 13.2. The molecular formula is C40H39ClO6. The first-order chi connectivity index (χ1) is 23.1. The van der Waals surface area contributed by atoms with Gasteiger partial charge in [-0.15, -0.1) is 0 Å². The van der Waals surface area contributed by atoms with Gasteiger partial charge < -0.3 is 28.8 Å². The first-order valence-corrected chi connectivity index (χ1v) is 16.2. The SMILES string of the molecule is OC1(c2ccc(Cl)cc2)O[C@H](COCc2ccccc2)[C@@H](OCc2ccccc2)[C@H](OCc2ccccc2)[C@H]1OCc1ccccc1. The van der Waals surface area contributed by atoms with Crippen LogP contribution in [0.3, 0.4) is 0 Å². The molecule has 5 aromatic rings. The highest BCUT2D eigenvalue weighted by atomic mass is 35.5. The minimum Gasteiger partial charge on any atom is -0.374 e. The minimum absolute atomic E-state index is 0.140. The molecule has 7 heteroatoms. The molecule has 0 amide bonds. The third-order valence-corrected chi connectivity index (χ3v) is 8.45. The lowest BCUT2D eigenvalue weighted by Crippen LogP contribution is -2.65. The zero-order valence-corrected chi connectivity index (χ0v) is 26.8. The standard InChI is InChI=1S/C40H39ClO6/c41-35-23-21-34(22-24-35)40(42)39(46-28-33-19-11-4-12-20-33)38(45-27-32-17-9-3-10-18-32)37(44-26-31-15-7-2-8-16-31)36(47-40)29-43-25-30-13-5-1-6-14-30/h1-24,36-39,42H,25-29H2/t36-,37-,38+,39-,40?/m1/s1. The largest absolute Gasteiger partial charge is 0.374 e. The van der Waals surface area contributed by atoms with Gasteiger partial charge in [0.15, 0.2) is 0 Å². The van der Waals surface area contributed by atoms with E-state index >= 15 is 0 Å². The molecule has 0 saturated carbocycles. The Morgan fingerprint density at radius 3 is 1.45 bits per heavy atom. The van der Waals surface area contributed by atoms with Crippen molar-refractivity contribution in [3.63, 3.8) is 0 Å². The Morgan fingerprint density at radius 1 is 0.532 bits per heavy atom. The lowest BCUT2D eigenvalue weighted by Gasteiger charge is -2.50. The van der Waals surface area contributed by atoms with Crippen LogP contribution in [0.2, 0.25) is 5.02 Å². The van der Waals surface area contributed by atoms with Gasteiger partial charge in [-0.05, 0) is 34.4 Å². The van der Waals surface area contributed by atoms with Gasteiger partial charge in [0.05, 0.1) is 33.0 Å². The Bertz CT molecular complexity index is 1620. The van der Waals surface area contributed by atoms with Crippen LogP contribution in [-0.2, 0) is 55.9 Å². The van der Waals surface area contributed by atoms with E-state index in [0.29, 0.717) is 23.8 Å². The number of hydrogen-bond donors (Lipinski definition) is 1. The van der Waals surface area contributed by atoms with Crippen LogP contribution in [0.5, 0.6) is 0 Å². The first kappa shape index (κ1) is 33.1. The van der Waals surface area contributed by atoms with Gasteiger partial charge in [0.2, 0.25) is 5.79 Å². The molecule has 5 atom stereocenters. The van der Waals surface area contributed by atoms with E-state index < -0.39 is 30.2 Å². The van der Waals surface area contributed by atoms with Crippen molar-refractivity contribution in [3.05, 3.63) is 178 Å². The predicted molar refractivity (Wildman–Crippen MR) is 181 cm³/mol. The molecule has 1 unspecified atom stereocenters. The highest BCUT2D eigenvalue weighted by Gasteiger charge is 2.57. The molecule has 1 saturated heterocycles. The van der Waals surface area contributed by atoms with Gasteiger partial charge in [-0.2, -0.15) is 0 Å². The Kier molecular flexibility index (Phi) is 11.5. The molecule has 1 fully saturated rings. The summed E-state index contributed by atoms with van der Waals surface area (Å²) in [5.41, 5.74) is 4.44. The van der Waals surface area contributed by atoms with Crippen molar-refractivity contribution < 1.29 is 28.8 Å². The number of ether oxygens (including phenoxy) is 5. The first-order valence-electron chi connectivity index (χ1n) is 15.8. The van der Waals surface area contributed by atoms with Crippen LogP contribution in [0.1, 0.15) is 27.8 Å². The summed E-state index contributed by atoms with van der Waals surface area (Å²) in [4.78, 5) is 0. The molecule has 242 valence electrons. The molecule has 0 aliphatic carbocycles. The zero-order chi connectivity index (χ0) is 32.3. The molecule has 47 heavy (non-hydrogen) atoms. The van der Waals surface area contributed by atoms with E-state index in [1.165, 1.54) is 0 Å². The van der Waals surface area contributed by atoms with Crippen molar-refractivity contribution >= 4 is 11.6 Å². The third kappa shape index (κ3) is 8.74. The Labute approximate surface area is 281 Å². The Morgan fingerprint density at radius 2 is 0.957 bits per heavy atom. The lowest BCUT2D eigenvalue weighted by atomic mass is 9.87. The molecule has 0 spiro atoms. The molecule has 0 radical (unpaired) electrons. The van der Waals surface area contributed by atoms with Crippen LogP contribution in [0.25, 0.3) is 0 Å². The van der Waals surface area contributed by atoms with E-state index in [4.69, 9.17) is 35.3 Å². The third-order valence-electron chi connectivity index (χ3n) is 8.20. The zero-order valence-electron chi connectivity index (χ0n) is 26.1. The topological polar surface area (TPSA) is 66.4 Å². The molecule has 0 aromatic heterocycles. The second-order valence-corrected chi connectivity index (χ2v) is 12.0. The van der Waals surface area contributed by atoms with Crippen LogP contribution < -0.4 is 0 Å². The summed E-state index contributed by atoms with van der Waals surface area (Å²) in [5.74, 6) is -1.92. The van der Waals surface area contributed by atoms with Crippen LogP contribution in [0.15, 0.2) is 146 Å². The summed E-state index contributed by atoms with van der Waals surface area (Å²) in [6, 6.07) is 46.6. The Hall–Kier alpha value is -3.85. The molecule has 6 nitrogen and oxygen atoms in total. The van der Waals surface area contributed by atoms with Gasteiger partial charge in [-0.3, -0.25) is 0 Å². The van der Waals surface area contributed by atoms with Crippen molar-refractivity contribution in [2.75, 3.05) is 6.61 Å². The summed E-state index contributed by atoms with van der Waals surface area (Å²) in [6.07, 6.45) is -3.13. The van der Waals surface area contributed by atoms with E-state index in [2.05, 4.69) is 0 Å². The quantitative estimate of drug-likeness (QED) is 0.132. The van der Waals surface area contributed by atoms with Gasteiger partial charge >= 0.3 is 0 Å². The van der Waals surface area contributed by atoms with Crippen LogP contribution in [0.4, 0.5) is 0 Å². The molecule has 5 aromatic carbocycles. The number of rotatable bonds is 14. The molecule has 0 bridgehead atoms. The average molecular weight is 651 g/mol. The van der Waals surface area contributed by atoms with Crippen molar-refractivity contribution in [1.82, 2.24) is 0 Å². The fourth-order valence-corrected chi connectivity index (χ4v) is 5.90.